The molecule has 8 heteroatoms. The van der Waals surface area contributed by atoms with Crippen LogP contribution in [0.3, 0.4) is 0 Å². The Kier molecular flexibility index (Phi) is 8.10. The number of epoxide rings is 1. The zero-order valence-electron chi connectivity index (χ0n) is 22.2. The van der Waals surface area contributed by atoms with Crippen LogP contribution in [-0.2, 0) is 19.1 Å². The van der Waals surface area contributed by atoms with Gasteiger partial charge in [0.25, 0.3) is 0 Å². The van der Waals surface area contributed by atoms with E-state index in [0.29, 0.717) is 19.3 Å². The van der Waals surface area contributed by atoms with Crippen LogP contribution in [0.4, 0.5) is 0 Å². The van der Waals surface area contributed by atoms with Gasteiger partial charge < -0.3 is 19.7 Å². The van der Waals surface area contributed by atoms with Crippen LogP contribution in [0.1, 0.15) is 89.8 Å². The lowest BCUT2D eigenvalue weighted by atomic mass is 9.58. The topological polar surface area (TPSA) is 109 Å². The first kappa shape index (κ1) is 27.4. The molecule has 4 rings (SSSR count). The molecule has 0 radical (unpaired) electrons. The second-order valence-electron chi connectivity index (χ2n) is 11.6. The maximum Gasteiger partial charge on any atom is 0.309 e. The fourth-order valence-corrected chi connectivity index (χ4v) is 6.58. The molecule has 3 fully saturated rings. The van der Waals surface area contributed by atoms with E-state index in [-0.39, 0.29) is 29.8 Å². The van der Waals surface area contributed by atoms with E-state index >= 15 is 0 Å². The number of Topliss-reactive ketones (excluding diaryl/α,β-unsaturated/α-hetero) is 1. The molecule has 1 aromatic rings. The summed E-state index contributed by atoms with van der Waals surface area (Å²) in [5.74, 6) is -1.30. The highest BCUT2D eigenvalue weighted by Gasteiger charge is 2.54. The molecule has 2 aliphatic heterocycles. The second kappa shape index (κ2) is 10.6. The van der Waals surface area contributed by atoms with E-state index in [9.17, 15) is 19.8 Å². The first-order valence-corrected chi connectivity index (χ1v) is 14.2. The summed E-state index contributed by atoms with van der Waals surface area (Å²) in [6, 6.07) is 0. The first-order chi connectivity index (χ1) is 16.9. The summed E-state index contributed by atoms with van der Waals surface area (Å²) in [6.45, 7) is 9.70. The van der Waals surface area contributed by atoms with Crippen molar-refractivity contribution >= 4 is 29.2 Å². The number of ether oxygens (including phenoxy) is 2. The lowest BCUT2D eigenvalue weighted by Gasteiger charge is -2.46. The minimum Gasteiger partial charge on any atom is -0.458 e. The van der Waals surface area contributed by atoms with Crippen molar-refractivity contribution in [3.8, 4) is 0 Å². The summed E-state index contributed by atoms with van der Waals surface area (Å²) in [5.41, 5.74) is 0.438. The van der Waals surface area contributed by atoms with Crippen LogP contribution in [0.5, 0.6) is 0 Å². The van der Waals surface area contributed by atoms with Gasteiger partial charge in [0.15, 0.2) is 0 Å². The SMILES string of the molecule is CC(=Cc1csc(C)n1)[C@@H]1C[C@H]2O[C@@]2(C)CCC[C@H](C)[C@H](O)[C@@H](C)C(=O)C2(CCC2)[C@@H](O)CC(=O)O1. The number of esters is 1. The minimum absolute atomic E-state index is 0.0349. The highest BCUT2D eigenvalue weighted by molar-refractivity contribution is 7.09. The van der Waals surface area contributed by atoms with E-state index in [1.807, 2.05) is 32.2 Å². The molecular formula is C28H41NO6S. The molecule has 0 aromatic carbocycles. The molecule has 3 aliphatic rings. The maximum absolute atomic E-state index is 13.5. The van der Waals surface area contributed by atoms with E-state index < -0.39 is 35.6 Å². The zero-order valence-corrected chi connectivity index (χ0v) is 23.0. The molecule has 2 saturated heterocycles. The Morgan fingerprint density at radius 1 is 1.19 bits per heavy atom. The zero-order chi connectivity index (χ0) is 26.3. The third kappa shape index (κ3) is 5.62. The number of thiazole rings is 1. The molecule has 200 valence electrons. The average molecular weight is 520 g/mol. The number of rotatable bonds is 2. The van der Waals surface area contributed by atoms with Gasteiger partial charge in [0, 0.05) is 17.7 Å². The summed E-state index contributed by atoms with van der Waals surface area (Å²) in [5, 5.41) is 25.0. The Balaban J connectivity index is 1.58. The number of aliphatic hydroxyl groups is 2. The standard InChI is InChI=1S/C28H41NO6S/c1-16-8-6-9-27(5)23(35-27)13-21(17(2)12-20-15-36-19(4)29-20)34-24(31)14-22(30)28(10-7-11-28)26(33)18(3)25(16)32/h12,15-16,18,21-23,25,30,32H,6-11,13-14H2,1-5H3/t16-,18+,21-,22-,23+,25-,27-/m0/s1. The van der Waals surface area contributed by atoms with Crippen LogP contribution in [0, 0.1) is 24.2 Å². The van der Waals surface area contributed by atoms with Gasteiger partial charge in [-0.2, -0.15) is 0 Å². The fourth-order valence-electron chi connectivity index (χ4n) is 6.01. The first-order valence-electron chi connectivity index (χ1n) is 13.3. The summed E-state index contributed by atoms with van der Waals surface area (Å²) in [4.78, 5) is 31.1. The maximum atomic E-state index is 13.5. The van der Waals surface area contributed by atoms with Crippen LogP contribution in [-0.4, -0.2) is 57.0 Å². The van der Waals surface area contributed by atoms with Gasteiger partial charge >= 0.3 is 5.97 Å². The average Bonchev–Trinajstić information content (AvgIpc) is 3.22. The van der Waals surface area contributed by atoms with Crippen molar-refractivity contribution in [1.82, 2.24) is 4.98 Å². The Hall–Kier alpha value is -1.61. The number of aliphatic hydroxyl groups excluding tert-OH is 2. The Labute approximate surface area is 218 Å². The smallest absolute Gasteiger partial charge is 0.309 e. The lowest BCUT2D eigenvalue weighted by Crippen LogP contribution is -2.53. The van der Waals surface area contributed by atoms with Crippen LogP contribution in [0.25, 0.3) is 6.08 Å². The molecule has 1 aliphatic carbocycles. The number of hydrogen-bond acceptors (Lipinski definition) is 8. The van der Waals surface area contributed by atoms with Gasteiger partial charge in [-0.25, -0.2) is 4.98 Å². The molecule has 1 spiro atoms. The van der Waals surface area contributed by atoms with Crippen LogP contribution in [0.2, 0.25) is 0 Å². The quantitative estimate of drug-likeness (QED) is 0.433. The molecule has 0 bridgehead atoms. The molecule has 0 unspecified atom stereocenters. The largest absolute Gasteiger partial charge is 0.458 e. The predicted octanol–water partition coefficient (Wildman–Crippen LogP) is 4.62. The van der Waals surface area contributed by atoms with Crippen LogP contribution in [0.15, 0.2) is 11.0 Å². The number of cyclic esters (lactones) is 1. The molecule has 3 heterocycles. The summed E-state index contributed by atoms with van der Waals surface area (Å²) in [6.07, 6.45) is 4.18. The molecule has 2 N–H and O–H groups in total. The Morgan fingerprint density at radius 3 is 2.53 bits per heavy atom. The molecule has 7 nitrogen and oxygen atoms in total. The van der Waals surface area contributed by atoms with Gasteiger partial charge in [-0.3, -0.25) is 9.59 Å². The van der Waals surface area contributed by atoms with Crippen molar-refractivity contribution in [3.05, 3.63) is 21.7 Å². The Bertz CT molecular complexity index is 1000. The second-order valence-corrected chi connectivity index (χ2v) is 12.6. The monoisotopic (exact) mass is 519 g/mol. The molecule has 7 atom stereocenters. The van der Waals surface area contributed by atoms with Crippen molar-refractivity contribution in [2.24, 2.45) is 17.3 Å². The molecule has 0 amide bonds. The number of nitrogens with zero attached hydrogens (tertiary/aromatic N) is 1. The van der Waals surface area contributed by atoms with Crippen molar-refractivity contribution in [2.75, 3.05) is 0 Å². The fraction of sp³-hybridized carbons (Fsp3) is 0.750. The van der Waals surface area contributed by atoms with Crippen molar-refractivity contribution in [2.45, 2.75) is 116 Å². The number of carbonyl (C=O) groups is 2. The number of fused-ring (bicyclic) bond motifs is 1. The summed E-state index contributed by atoms with van der Waals surface area (Å²) < 4.78 is 12.0. The van der Waals surface area contributed by atoms with Crippen molar-refractivity contribution in [3.63, 3.8) is 0 Å². The van der Waals surface area contributed by atoms with E-state index in [1.165, 1.54) is 0 Å². The highest BCUT2D eigenvalue weighted by atomic mass is 32.1. The number of aromatic nitrogens is 1. The van der Waals surface area contributed by atoms with Gasteiger partial charge in [0.05, 0.1) is 46.5 Å². The van der Waals surface area contributed by atoms with E-state index in [2.05, 4.69) is 11.9 Å². The number of carbonyl (C=O) groups excluding carboxylic acids is 2. The van der Waals surface area contributed by atoms with Gasteiger partial charge in [0.2, 0.25) is 0 Å². The minimum atomic E-state index is -1.13. The van der Waals surface area contributed by atoms with Crippen molar-refractivity contribution < 1.29 is 29.3 Å². The highest BCUT2D eigenvalue weighted by Crippen LogP contribution is 2.49. The molecular weight excluding hydrogens is 478 g/mol. The number of aryl methyl sites for hydroxylation is 1. The third-order valence-corrected chi connectivity index (χ3v) is 9.63. The van der Waals surface area contributed by atoms with Gasteiger partial charge in [0.1, 0.15) is 11.9 Å². The van der Waals surface area contributed by atoms with E-state index in [4.69, 9.17) is 9.47 Å². The number of hydrogen-bond donors (Lipinski definition) is 2. The van der Waals surface area contributed by atoms with Gasteiger partial charge in [-0.15, -0.1) is 11.3 Å². The van der Waals surface area contributed by atoms with Crippen LogP contribution < -0.4 is 0 Å². The lowest BCUT2D eigenvalue weighted by molar-refractivity contribution is -0.161. The van der Waals surface area contributed by atoms with E-state index in [1.54, 1.807) is 18.3 Å². The summed E-state index contributed by atoms with van der Waals surface area (Å²) in [7, 11) is 0. The van der Waals surface area contributed by atoms with Gasteiger partial charge in [-0.05, 0) is 64.0 Å². The number of ketones is 1. The molecule has 1 aromatic heterocycles. The van der Waals surface area contributed by atoms with Crippen LogP contribution >= 0.6 is 11.3 Å². The van der Waals surface area contributed by atoms with Crippen molar-refractivity contribution in [1.29, 1.82) is 0 Å². The van der Waals surface area contributed by atoms with E-state index in [0.717, 1.165) is 42.0 Å². The third-order valence-electron chi connectivity index (χ3n) is 8.83. The molecule has 36 heavy (non-hydrogen) atoms. The summed E-state index contributed by atoms with van der Waals surface area (Å²) >= 11 is 1.57. The molecule has 1 saturated carbocycles. The predicted molar refractivity (Wildman–Crippen MR) is 138 cm³/mol. The normalized spacial score (nSPS) is 38.2. The van der Waals surface area contributed by atoms with Gasteiger partial charge in [-0.1, -0.05) is 26.7 Å². The Morgan fingerprint density at radius 2 is 1.92 bits per heavy atom.